The zero-order chi connectivity index (χ0) is 19.3. The minimum atomic E-state index is 0.0810. The molecule has 1 saturated heterocycles. The maximum Gasteiger partial charge on any atom is 0.255 e. The van der Waals surface area contributed by atoms with Crippen molar-refractivity contribution in [3.63, 3.8) is 0 Å². The molecule has 0 atom stereocenters. The summed E-state index contributed by atoms with van der Waals surface area (Å²) in [5.41, 5.74) is 1.61. The van der Waals surface area contributed by atoms with E-state index in [-0.39, 0.29) is 5.91 Å². The topological polar surface area (TPSA) is 62.5 Å². The van der Waals surface area contributed by atoms with Crippen molar-refractivity contribution < 1.29 is 9.32 Å². The standard InChI is InChI=1S/C21H22N4O2S/c1-16-14-17(27-23-16)15-28-19-7-3-2-6-18(19)21(26)25-12-10-24(11-13-25)20-8-4-5-9-22-20/h2-9,14H,10-13,15H2,1H3. The lowest BCUT2D eigenvalue weighted by Crippen LogP contribution is -2.49. The van der Waals surface area contributed by atoms with Gasteiger partial charge in [0.15, 0.2) is 0 Å². The van der Waals surface area contributed by atoms with Crippen LogP contribution in [0.3, 0.4) is 0 Å². The van der Waals surface area contributed by atoms with Crippen molar-refractivity contribution >= 4 is 23.5 Å². The smallest absolute Gasteiger partial charge is 0.255 e. The molecule has 1 aromatic carbocycles. The van der Waals surface area contributed by atoms with Crippen LogP contribution in [0.1, 0.15) is 21.8 Å². The van der Waals surface area contributed by atoms with Gasteiger partial charge in [-0.3, -0.25) is 4.79 Å². The predicted octanol–water partition coefficient (Wildman–Crippen LogP) is 3.63. The third kappa shape index (κ3) is 4.20. The molecule has 0 N–H and O–H groups in total. The molecule has 1 aliphatic rings. The molecule has 0 saturated carbocycles. The Morgan fingerprint density at radius 3 is 2.61 bits per heavy atom. The Balaban J connectivity index is 1.41. The number of amides is 1. The van der Waals surface area contributed by atoms with Gasteiger partial charge in [0.25, 0.3) is 5.91 Å². The minimum Gasteiger partial charge on any atom is -0.360 e. The monoisotopic (exact) mass is 394 g/mol. The van der Waals surface area contributed by atoms with Gasteiger partial charge in [0.1, 0.15) is 11.6 Å². The highest BCUT2D eigenvalue weighted by Gasteiger charge is 2.24. The average molecular weight is 395 g/mol. The Labute approximate surface area is 168 Å². The number of aryl methyl sites for hydroxylation is 1. The SMILES string of the molecule is Cc1cc(CSc2ccccc2C(=O)N2CCN(c3ccccn3)CC2)on1. The summed E-state index contributed by atoms with van der Waals surface area (Å²) in [5, 5.41) is 3.92. The number of rotatable bonds is 5. The van der Waals surface area contributed by atoms with Crippen LogP contribution in [0.15, 0.2) is 64.1 Å². The van der Waals surface area contributed by atoms with Crippen molar-refractivity contribution in [1.29, 1.82) is 0 Å². The van der Waals surface area contributed by atoms with Gasteiger partial charge in [-0.25, -0.2) is 4.98 Å². The first-order chi connectivity index (χ1) is 13.7. The molecule has 144 valence electrons. The van der Waals surface area contributed by atoms with E-state index in [9.17, 15) is 4.79 Å². The van der Waals surface area contributed by atoms with Crippen LogP contribution >= 0.6 is 11.8 Å². The average Bonchev–Trinajstić information content (AvgIpc) is 3.18. The number of hydrogen-bond donors (Lipinski definition) is 0. The molecule has 3 heterocycles. The maximum absolute atomic E-state index is 13.1. The second-order valence-electron chi connectivity index (χ2n) is 6.69. The fourth-order valence-corrected chi connectivity index (χ4v) is 4.17. The molecule has 1 amide bonds. The summed E-state index contributed by atoms with van der Waals surface area (Å²) in [7, 11) is 0. The van der Waals surface area contributed by atoms with Crippen LogP contribution in [0, 0.1) is 6.92 Å². The Bertz CT molecular complexity index is 936. The van der Waals surface area contributed by atoms with Crippen LogP contribution in [0.5, 0.6) is 0 Å². The highest BCUT2D eigenvalue weighted by atomic mass is 32.2. The lowest BCUT2D eigenvalue weighted by atomic mass is 10.2. The zero-order valence-electron chi connectivity index (χ0n) is 15.7. The number of hydrogen-bond acceptors (Lipinski definition) is 6. The summed E-state index contributed by atoms with van der Waals surface area (Å²) in [4.78, 5) is 22.6. The first-order valence-electron chi connectivity index (χ1n) is 9.30. The highest BCUT2D eigenvalue weighted by molar-refractivity contribution is 7.98. The summed E-state index contributed by atoms with van der Waals surface area (Å²) in [6.45, 7) is 4.86. The Morgan fingerprint density at radius 1 is 1.11 bits per heavy atom. The van der Waals surface area contributed by atoms with E-state index in [0.717, 1.165) is 40.8 Å². The second-order valence-corrected chi connectivity index (χ2v) is 7.70. The van der Waals surface area contributed by atoms with Gasteiger partial charge in [0.2, 0.25) is 0 Å². The lowest BCUT2D eigenvalue weighted by molar-refractivity contribution is 0.0743. The van der Waals surface area contributed by atoms with Crippen LogP contribution in [-0.2, 0) is 5.75 Å². The molecule has 6 nitrogen and oxygen atoms in total. The van der Waals surface area contributed by atoms with E-state index in [1.165, 1.54) is 0 Å². The number of benzene rings is 1. The Morgan fingerprint density at radius 2 is 1.89 bits per heavy atom. The molecule has 7 heteroatoms. The molecule has 0 unspecified atom stereocenters. The second kappa shape index (κ2) is 8.48. The Hall–Kier alpha value is -2.80. The van der Waals surface area contributed by atoms with Gasteiger partial charge >= 0.3 is 0 Å². The number of carbonyl (C=O) groups is 1. The van der Waals surface area contributed by atoms with E-state index in [2.05, 4.69) is 15.0 Å². The molecule has 0 spiro atoms. The minimum absolute atomic E-state index is 0.0810. The van der Waals surface area contributed by atoms with Gasteiger partial charge in [-0.15, -0.1) is 11.8 Å². The van der Waals surface area contributed by atoms with Gasteiger partial charge < -0.3 is 14.3 Å². The third-order valence-corrected chi connectivity index (χ3v) is 5.80. The normalized spacial score (nSPS) is 14.3. The number of aromatic nitrogens is 2. The van der Waals surface area contributed by atoms with E-state index in [1.54, 1.807) is 18.0 Å². The largest absolute Gasteiger partial charge is 0.360 e. The van der Waals surface area contributed by atoms with Gasteiger partial charge in [-0.2, -0.15) is 0 Å². The molecule has 3 aromatic rings. The number of piperazine rings is 1. The molecule has 28 heavy (non-hydrogen) atoms. The summed E-state index contributed by atoms with van der Waals surface area (Å²) in [6, 6.07) is 15.6. The van der Waals surface area contributed by atoms with Gasteiger partial charge in [0.05, 0.1) is 17.0 Å². The fourth-order valence-electron chi connectivity index (χ4n) is 3.25. The number of anilines is 1. The van der Waals surface area contributed by atoms with E-state index in [0.29, 0.717) is 18.8 Å². The summed E-state index contributed by atoms with van der Waals surface area (Å²) in [5.74, 6) is 2.51. The van der Waals surface area contributed by atoms with Crippen LogP contribution < -0.4 is 4.90 Å². The number of pyridine rings is 1. The summed E-state index contributed by atoms with van der Waals surface area (Å²) in [6.07, 6.45) is 1.80. The molecule has 1 aliphatic heterocycles. The number of nitrogens with zero attached hydrogens (tertiary/aromatic N) is 4. The quantitative estimate of drug-likeness (QED) is 0.616. The molecule has 4 rings (SSSR count). The van der Waals surface area contributed by atoms with Crippen LogP contribution in [0.25, 0.3) is 0 Å². The van der Waals surface area contributed by atoms with Crippen LogP contribution in [0.2, 0.25) is 0 Å². The fraction of sp³-hybridized carbons (Fsp3) is 0.286. The van der Waals surface area contributed by atoms with E-state index < -0.39 is 0 Å². The zero-order valence-corrected chi connectivity index (χ0v) is 16.6. The van der Waals surface area contributed by atoms with Crippen molar-refractivity contribution in [2.45, 2.75) is 17.6 Å². The van der Waals surface area contributed by atoms with Crippen molar-refractivity contribution in [3.8, 4) is 0 Å². The van der Waals surface area contributed by atoms with Crippen molar-refractivity contribution in [3.05, 3.63) is 71.7 Å². The summed E-state index contributed by atoms with van der Waals surface area (Å²) < 4.78 is 5.28. The van der Waals surface area contributed by atoms with Crippen LogP contribution in [-0.4, -0.2) is 47.1 Å². The molecular weight excluding hydrogens is 372 g/mol. The summed E-state index contributed by atoms with van der Waals surface area (Å²) >= 11 is 1.60. The number of carbonyl (C=O) groups excluding carboxylic acids is 1. The number of thioether (sulfide) groups is 1. The molecule has 0 radical (unpaired) electrons. The lowest BCUT2D eigenvalue weighted by Gasteiger charge is -2.35. The van der Waals surface area contributed by atoms with Crippen molar-refractivity contribution in [2.75, 3.05) is 31.1 Å². The van der Waals surface area contributed by atoms with Crippen molar-refractivity contribution in [2.24, 2.45) is 0 Å². The molecular formula is C21H22N4O2S. The van der Waals surface area contributed by atoms with Gasteiger partial charge in [0, 0.05) is 43.3 Å². The third-order valence-electron chi connectivity index (χ3n) is 4.70. The molecule has 0 aliphatic carbocycles. The first-order valence-corrected chi connectivity index (χ1v) is 10.3. The Kier molecular flexibility index (Phi) is 5.62. The first kappa shape index (κ1) is 18.6. The predicted molar refractivity (Wildman–Crippen MR) is 110 cm³/mol. The van der Waals surface area contributed by atoms with Crippen LogP contribution in [0.4, 0.5) is 5.82 Å². The molecule has 0 bridgehead atoms. The van der Waals surface area contributed by atoms with Crippen molar-refractivity contribution in [1.82, 2.24) is 15.0 Å². The van der Waals surface area contributed by atoms with E-state index in [1.807, 2.05) is 60.4 Å². The van der Waals surface area contributed by atoms with E-state index >= 15 is 0 Å². The molecule has 2 aromatic heterocycles. The van der Waals surface area contributed by atoms with E-state index in [4.69, 9.17) is 4.52 Å². The molecule has 1 fully saturated rings. The highest BCUT2D eigenvalue weighted by Crippen LogP contribution is 2.28. The van der Waals surface area contributed by atoms with Gasteiger partial charge in [-0.1, -0.05) is 23.4 Å². The van der Waals surface area contributed by atoms with Gasteiger partial charge in [-0.05, 0) is 31.2 Å². The maximum atomic E-state index is 13.1.